The molecule has 0 bridgehead atoms. The number of ether oxygens (including phenoxy) is 1. The van der Waals surface area contributed by atoms with Gasteiger partial charge in [-0.3, -0.25) is 4.79 Å². The molecule has 0 saturated heterocycles. The summed E-state index contributed by atoms with van der Waals surface area (Å²) in [5.74, 6) is 1.52. The minimum absolute atomic E-state index is 0.0793. The van der Waals surface area contributed by atoms with Crippen molar-refractivity contribution < 1.29 is 18.4 Å². The van der Waals surface area contributed by atoms with Gasteiger partial charge in [-0.15, -0.1) is 0 Å². The van der Waals surface area contributed by atoms with E-state index in [2.05, 4.69) is 85.9 Å². The molecule has 0 amide bonds. The van der Waals surface area contributed by atoms with Gasteiger partial charge in [0.15, 0.2) is 0 Å². The van der Waals surface area contributed by atoms with E-state index in [0.29, 0.717) is 6.42 Å². The van der Waals surface area contributed by atoms with Crippen LogP contribution in [0, 0.1) is 5.41 Å². The molecule has 1 aromatic carbocycles. The van der Waals surface area contributed by atoms with Gasteiger partial charge in [-0.1, -0.05) is 47.6 Å². The van der Waals surface area contributed by atoms with Crippen LogP contribution in [0.2, 0.25) is 36.3 Å². The number of carbonyl (C=O) groups is 1. The Kier molecular flexibility index (Phi) is 9.05. The highest BCUT2D eigenvalue weighted by Crippen LogP contribution is 2.44. The molecule has 4 nitrogen and oxygen atoms in total. The van der Waals surface area contributed by atoms with Crippen LogP contribution in [0.1, 0.15) is 88.1 Å². The predicted molar refractivity (Wildman–Crippen MR) is 150 cm³/mol. The molecule has 0 heterocycles. The van der Waals surface area contributed by atoms with E-state index in [0.717, 1.165) is 23.5 Å². The van der Waals surface area contributed by atoms with Crippen LogP contribution >= 0.6 is 0 Å². The van der Waals surface area contributed by atoms with Crippen molar-refractivity contribution in [1.29, 1.82) is 0 Å². The molecule has 0 atom stereocenters. The SMILES string of the molecule is CC(C)(C)OC(=O)C(C)(C)CCc1ccc(O[Si](C)(C)C(C)(C)C)c(O[Si](C)(C)C(C)(C)C)c1. The molecule has 1 rings (SSSR count). The smallest absolute Gasteiger partial charge is 0.312 e. The standard InChI is InChI=1S/C28H52O4Si2/c1-25(2,3)30-24(29)28(10,11)19-18-21-16-17-22(31-33(12,13)26(4,5)6)23(20-21)32-34(14,15)27(7,8)9/h16-17,20H,18-19H2,1-15H3. The molecular weight excluding hydrogens is 456 g/mol. The number of carbonyl (C=O) groups excluding carboxylic acids is 1. The quantitative estimate of drug-likeness (QED) is 0.260. The van der Waals surface area contributed by atoms with Crippen LogP contribution in [-0.4, -0.2) is 28.2 Å². The zero-order chi connectivity index (χ0) is 27.0. The fourth-order valence-electron chi connectivity index (χ4n) is 2.70. The summed E-state index contributed by atoms with van der Waals surface area (Å²) in [5.41, 5.74) is 0.0959. The lowest BCUT2D eigenvalue weighted by Gasteiger charge is -2.39. The first kappa shape index (κ1) is 30.8. The van der Waals surface area contributed by atoms with Crippen LogP contribution in [0.4, 0.5) is 0 Å². The van der Waals surface area contributed by atoms with Crippen molar-refractivity contribution in [3.05, 3.63) is 23.8 Å². The maximum Gasteiger partial charge on any atom is 0.312 e. The molecule has 196 valence electrons. The van der Waals surface area contributed by atoms with E-state index >= 15 is 0 Å². The Morgan fingerprint density at radius 1 is 0.735 bits per heavy atom. The molecule has 0 radical (unpaired) electrons. The zero-order valence-corrected chi connectivity index (χ0v) is 26.8. The molecule has 0 unspecified atom stereocenters. The lowest BCUT2D eigenvalue weighted by atomic mass is 9.86. The Labute approximate surface area is 212 Å². The number of aryl methyl sites for hydroxylation is 1. The second-order valence-corrected chi connectivity index (χ2v) is 23.8. The highest BCUT2D eigenvalue weighted by Gasteiger charge is 2.42. The minimum Gasteiger partial charge on any atom is -0.541 e. The van der Waals surface area contributed by atoms with E-state index in [1.165, 1.54) is 0 Å². The molecule has 6 heteroatoms. The largest absolute Gasteiger partial charge is 0.541 e. The maximum atomic E-state index is 12.7. The summed E-state index contributed by atoms with van der Waals surface area (Å²) in [6.07, 6.45) is 1.46. The maximum absolute atomic E-state index is 12.7. The summed E-state index contributed by atoms with van der Waals surface area (Å²) >= 11 is 0. The molecular formula is C28H52O4Si2. The van der Waals surface area contributed by atoms with Crippen LogP contribution < -0.4 is 8.85 Å². The second kappa shape index (κ2) is 10.00. The molecule has 0 spiro atoms. The Morgan fingerprint density at radius 2 is 1.18 bits per heavy atom. The minimum atomic E-state index is -2.06. The Balaban J connectivity index is 3.28. The fraction of sp³-hybridized carbons (Fsp3) is 0.750. The third-order valence-electron chi connectivity index (χ3n) is 7.34. The van der Waals surface area contributed by atoms with Gasteiger partial charge >= 0.3 is 5.97 Å². The zero-order valence-electron chi connectivity index (χ0n) is 24.8. The number of benzene rings is 1. The van der Waals surface area contributed by atoms with Crippen molar-refractivity contribution in [2.75, 3.05) is 0 Å². The third-order valence-corrected chi connectivity index (χ3v) is 16.0. The summed E-state index contributed by atoms with van der Waals surface area (Å²) in [6, 6.07) is 6.32. The predicted octanol–water partition coefficient (Wildman–Crippen LogP) is 8.76. The van der Waals surface area contributed by atoms with Crippen molar-refractivity contribution in [3.63, 3.8) is 0 Å². The molecule has 34 heavy (non-hydrogen) atoms. The highest BCUT2D eigenvalue weighted by molar-refractivity contribution is 6.75. The summed E-state index contributed by atoms with van der Waals surface area (Å²) in [7, 11) is -4.09. The Hall–Kier alpha value is -1.28. The first-order valence-corrected chi connectivity index (χ1v) is 18.4. The van der Waals surface area contributed by atoms with Crippen molar-refractivity contribution in [1.82, 2.24) is 0 Å². The molecule has 0 aliphatic rings. The fourth-order valence-corrected chi connectivity index (χ4v) is 4.74. The van der Waals surface area contributed by atoms with E-state index in [1.807, 2.05) is 34.6 Å². The normalized spacial score (nSPS) is 14.1. The van der Waals surface area contributed by atoms with Crippen molar-refractivity contribution >= 4 is 22.6 Å². The topological polar surface area (TPSA) is 44.8 Å². The van der Waals surface area contributed by atoms with Crippen LogP contribution in [0.25, 0.3) is 0 Å². The Morgan fingerprint density at radius 3 is 1.59 bits per heavy atom. The van der Waals surface area contributed by atoms with Crippen LogP contribution in [0.3, 0.4) is 0 Å². The molecule has 0 aromatic heterocycles. The van der Waals surface area contributed by atoms with Gasteiger partial charge in [0.2, 0.25) is 0 Å². The van der Waals surface area contributed by atoms with Gasteiger partial charge in [0.05, 0.1) is 5.41 Å². The molecule has 0 saturated carbocycles. The lowest BCUT2D eigenvalue weighted by Crippen LogP contribution is -2.45. The van der Waals surface area contributed by atoms with Gasteiger partial charge < -0.3 is 13.6 Å². The highest BCUT2D eigenvalue weighted by atomic mass is 28.4. The summed E-state index contributed by atoms with van der Waals surface area (Å²) in [5, 5.41) is 0.174. The van der Waals surface area contributed by atoms with Gasteiger partial charge in [-0.05, 0) is 101 Å². The molecule has 1 aromatic rings. The van der Waals surface area contributed by atoms with Crippen LogP contribution in [0.15, 0.2) is 18.2 Å². The van der Waals surface area contributed by atoms with Gasteiger partial charge in [-0.2, -0.15) is 0 Å². The molecule has 0 N–H and O–H groups in total. The van der Waals surface area contributed by atoms with E-state index in [-0.39, 0.29) is 16.0 Å². The van der Waals surface area contributed by atoms with E-state index < -0.39 is 27.7 Å². The van der Waals surface area contributed by atoms with Gasteiger partial charge in [-0.25, -0.2) is 0 Å². The average Bonchev–Trinajstić information content (AvgIpc) is 2.58. The monoisotopic (exact) mass is 508 g/mol. The number of rotatable bonds is 8. The van der Waals surface area contributed by atoms with Gasteiger partial charge in [0, 0.05) is 0 Å². The average molecular weight is 509 g/mol. The van der Waals surface area contributed by atoms with E-state index in [4.69, 9.17) is 13.6 Å². The summed E-state index contributed by atoms with van der Waals surface area (Å²) in [4.78, 5) is 12.7. The van der Waals surface area contributed by atoms with Crippen molar-refractivity contribution in [2.24, 2.45) is 5.41 Å². The van der Waals surface area contributed by atoms with Gasteiger partial charge in [0.1, 0.15) is 17.1 Å². The lowest BCUT2D eigenvalue weighted by molar-refractivity contribution is -0.166. The van der Waals surface area contributed by atoms with Crippen LogP contribution in [0.5, 0.6) is 11.5 Å². The molecule has 0 aliphatic carbocycles. The first-order valence-electron chi connectivity index (χ1n) is 12.6. The summed E-state index contributed by atoms with van der Waals surface area (Å²) < 4.78 is 19.1. The van der Waals surface area contributed by atoms with Crippen LogP contribution in [-0.2, 0) is 16.0 Å². The number of hydrogen-bond donors (Lipinski definition) is 0. The first-order chi connectivity index (χ1) is 14.9. The van der Waals surface area contributed by atoms with E-state index in [9.17, 15) is 4.79 Å². The van der Waals surface area contributed by atoms with Gasteiger partial charge in [0.25, 0.3) is 16.6 Å². The Bertz CT molecular complexity index is 851. The summed E-state index contributed by atoms with van der Waals surface area (Å²) in [6.45, 7) is 32.2. The number of hydrogen-bond acceptors (Lipinski definition) is 4. The molecule has 0 aliphatic heterocycles. The molecule has 0 fully saturated rings. The second-order valence-electron chi connectivity index (χ2n) is 14.4. The number of esters is 1. The third kappa shape index (κ3) is 8.44. The van der Waals surface area contributed by atoms with Crippen molar-refractivity contribution in [2.45, 2.75) is 131 Å². The van der Waals surface area contributed by atoms with E-state index in [1.54, 1.807) is 0 Å². The van der Waals surface area contributed by atoms with Crippen molar-refractivity contribution in [3.8, 4) is 11.5 Å².